The van der Waals surface area contributed by atoms with E-state index in [9.17, 15) is 4.79 Å². The van der Waals surface area contributed by atoms with E-state index in [1.807, 2.05) is 11.8 Å². The Morgan fingerprint density at radius 1 is 1.20 bits per heavy atom. The van der Waals surface area contributed by atoms with Crippen molar-refractivity contribution in [3.05, 3.63) is 34.4 Å². The number of nitrogens with zero attached hydrogens (tertiary/aromatic N) is 1. The van der Waals surface area contributed by atoms with Gasteiger partial charge in [0.25, 0.3) is 0 Å². The SMILES string of the molecule is Cc1cc(C)c(CNC(C)C(=O)N2CCCC2)c(C)c1. The Hall–Kier alpha value is -1.35. The highest BCUT2D eigenvalue weighted by molar-refractivity contribution is 5.81. The third-order valence-electron chi connectivity index (χ3n) is 4.21. The summed E-state index contributed by atoms with van der Waals surface area (Å²) in [6.07, 6.45) is 2.29. The first-order valence-corrected chi connectivity index (χ1v) is 7.58. The van der Waals surface area contributed by atoms with Crippen LogP contribution in [0.2, 0.25) is 0 Å². The molecule has 1 fully saturated rings. The molecule has 1 aliphatic heterocycles. The molecule has 110 valence electrons. The van der Waals surface area contributed by atoms with Gasteiger partial charge in [0, 0.05) is 19.6 Å². The van der Waals surface area contributed by atoms with Crippen LogP contribution in [-0.4, -0.2) is 29.9 Å². The lowest BCUT2D eigenvalue weighted by Crippen LogP contribution is -2.43. The Morgan fingerprint density at radius 2 is 1.75 bits per heavy atom. The van der Waals surface area contributed by atoms with Crippen LogP contribution in [0.15, 0.2) is 12.1 Å². The van der Waals surface area contributed by atoms with E-state index in [-0.39, 0.29) is 11.9 Å². The summed E-state index contributed by atoms with van der Waals surface area (Å²) in [5, 5.41) is 3.39. The van der Waals surface area contributed by atoms with Crippen molar-refractivity contribution >= 4 is 5.91 Å². The maximum absolute atomic E-state index is 12.3. The van der Waals surface area contributed by atoms with Crippen LogP contribution in [0.1, 0.15) is 42.0 Å². The molecule has 1 N–H and O–H groups in total. The minimum Gasteiger partial charge on any atom is -0.341 e. The monoisotopic (exact) mass is 274 g/mol. The summed E-state index contributed by atoms with van der Waals surface area (Å²) < 4.78 is 0. The van der Waals surface area contributed by atoms with Gasteiger partial charge in [-0.15, -0.1) is 0 Å². The zero-order valence-corrected chi connectivity index (χ0v) is 13.1. The molecule has 1 aromatic rings. The van der Waals surface area contributed by atoms with Crippen LogP contribution in [0.25, 0.3) is 0 Å². The second-order valence-electron chi connectivity index (χ2n) is 6.01. The van der Waals surface area contributed by atoms with Gasteiger partial charge in [-0.25, -0.2) is 0 Å². The van der Waals surface area contributed by atoms with E-state index in [2.05, 4.69) is 38.2 Å². The fraction of sp³-hybridized carbons (Fsp3) is 0.588. The molecule has 1 amide bonds. The molecule has 1 unspecified atom stereocenters. The lowest BCUT2D eigenvalue weighted by Gasteiger charge is -2.22. The van der Waals surface area contributed by atoms with Gasteiger partial charge in [0.05, 0.1) is 6.04 Å². The van der Waals surface area contributed by atoms with Crippen molar-refractivity contribution in [2.45, 2.75) is 53.1 Å². The lowest BCUT2D eigenvalue weighted by molar-refractivity contribution is -0.131. The van der Waals surface area contributed by atoms with Crippen LogP contribution in [0.3, 0.4) is 0 Å². The molecule has 1 saturated heterocycles. The van der Waals surface area contributed by atoms with Crippen molar-refractivity contribution in [1.82, 2.24) is 10.2 Å². The zero-order chi connectivity index (χ0) is 14.7. The van der Waals surface area contributed by atoms with Crippen molar-refractivity contribution in [2.24, 2.45) is 0 Å². The molecule has 3 nitrogen and oxygen atoms in total. The third kappa shape index (κ3) is 3.40. The van der Waals surface area contributed by atoms with Gasteiger partial charge in [-0.2, -0.15) is 0 Å². The Morgan fingerprint density at radius 3 is 2.30 bits per heavy atom. The molecule has 0 spiro atoms. The fourth-order valence-corrected chi connectivity index (χ4v) is 3.04. The van der Waals surface area contributed by atoms with Gasteiger partial charge < -0.3 is 10.2 Å². The average Bonchev–Trinajstić information content (AvgIpc) is 2.90. The molecule has 3 heteroatoms. The molecule has 1 aromatic carbocycles. The number of carbonyl (C=O) groups excluding carboxylic acids is 1. The number of likely N-dealkylation sites (tertiary alicyclic amines) is 1. The molecule has 0 aromatic heterocycles. The lowest BCUT2D eigenvalue weighted by atomic mass is 9.99. The largest absolute Gasteiger partial charge is 0.341 e. The summed E-state index contributed by atoms with van der Waals surface area (Å²) in [4.78, 5) is 14.2. The number of carbonyl (C=O) groups is 1. The predicted octanol–water partition coefficient (Wildman–Crippen LogP) is 2.71. The molecule has 1 heterocycles. The van der Waals surface area contributed by atoms with Gasteiger partial charge in [0.15, 0.2) is 0 Å². The minimum atomic E-state index is -0.104. The maximum Gasteiger partial charge on any atom is 0.239 e. The van der Waals surface area contributed by atoms with Crippen molar-refractivity contribution in [3.63, 3.8) is 0 Å². The molecule has 1 aliphatic rings. The highest BCUT2D eigenvalue weighted by atomic mass is 16.2. The van der Waals surface area contributed by atoms with Crippen LogP contribution in [-0.2, 0) is 11.3 Å². The summed E-state index contributed by atoms with van der Waals surface area (Å²) >= 11 is 0. The minimum absolute atomic E-state index is 0.104. The van der Waals surface area contributed by atoms with Crippen LogP contribution >= 0.6 is 0 Å². The first-order chi connectivity index (χ1) is 9.49. The van der Waals surface area contributed by atoms with Crippen molar-refractivity contribution < 1.29 is 4.79 Å². The summed E-state index contributed by atoms with van der Waals surface area (Å²) in [6.45, 7) is 11.0. The molecular formula is C17H26N2O. The highest BCUT2D eigenvalue weighted by Crippen LogP contribution is 2.16. The van der Waals surface area contributed by atoms with E-state index in [1.54, 1.807) is 0 Å². The Labute approximate surface area is 122 Å². The smallest absolute Gasteiger partial charge is 0.239 e. The van der Waals surface area contributed by atoms with Crippen molar-refractivity contribution in [2.75, 3.05) is 13.1 Å². The maximum atomic E-state index is 12.3. The van der Waals surface area contributed by atoms with Gasteiger partial charge in [-0.3, -0.25) is 4.79 Å². The number of nitrogens with one attached hydrogen (secondary N) is 1. The van der Waals surface area contributed by atoms with Crippen LogP contribution in [0, 0.1) is 20.8 Å². The van der Waals surface area contributed by atoms with E-state index < -0.39 is 0 Å². The topological polar surface area (TPSA) is 32.3 Å². The zero-order valence-electron chi connectivity index (χ0n) is 13.1. The Balaban J connectivity index is 1.96. The molecule has 0 aliphatic carbocycles. The number of aryl methyl sites for hydroxylation is 3. The highest BCUT2D eigenvalue weighted by Gasteiger charge is 2.22. The first kappa shape index (κ1) is 15.0. The second kappa shape index (κ2) is 6.40. The van der Waals surface area contributed by atoms with Gasteiger partial charge >= 0.3 is 0 Å². The summed E-state index contributed by atoms with van der Waals surface area (Å²) in [5.74, 6) is 0.241. The van der Waals surface area contributed by atoms with Crippen LogP contribution in [0.4, 0.5) is 0 Å². The molecule has 0 bridgehead atoms. The molecule has 0 saturated carbocycles. The van der Waals surface area contributed by atoms with Gasteiger partial charge in [0.1, 0.15) is 0 Å². The second-order valence-corrected chi connectivity index (χ2v) is 6.01. The van der Waals surface area contributed by atoms with Gasteiger partial charge in [-0.05, 0) is 57.2 Å². The molecule has 0 radical (unpaired) electrons. The van der Waals surface area contributed by atoms with Crippen molar-refractivity contribution in [1.29, 1.82) is 0 Å². The van der Waals surface area contributed by atoms with E-state index in [0.717, 1.165) is 32.5 Å². The van der Waals surface area contributed by atoms with Crippen molar-refractivity contribution in [3.8, 4) is 0 Å². The van der Waals surface area contributed by atoms with E-state index >= 15 is 0 Å². The number of benzene rings is 1. The van der Waals surface area contributed by atoms with Crippen LogP contribution in [0.5, 0.6) is 0 Å². The van der Waals surface area contributed by atoms with Gasteiger partial charge in [-0.1, -0.05) is 17.7 Å². The number of rotatable bonds is 4. The standard InChI is InChI=1S/C17H26N2O/c1-12-9-13(2)16(14(3)10-12)11-18-15(4)17(20)19-7-5-6-8-19/h9-10,15,18H,5-8,11H2,1-4H3. The third-order valence-corrected chi connectivity index (χ3v) is 4.21. The Kier molecular flexibility index (Phi) is 4.81. The van der Waals surface area contributed by atoms with E-state index in [1.165, 1.54) is 22.3 Å². The molecular weight excluding hydrogens is 248 g/mol. The molecule has 1 atom stereocenters. The quantitative estimate of drug-likeness (QED) is 0.915. The number of hydrogen-bond acceptors (Lipinski definition) is 2. The summed E-state index contributed by atoms with van der Waals surface area (Å²) in [5.41, 5.74) is 5.22. The molecule has 20 heavy (non-hydrogen) atoms. The Bertz CT molecular complexity index is 467. The van der Waals surface area contributed by atoms with E-state index in [0.29, 0.717) is 0 Å². The van der Waals surface area contributed by atoms with Gasteiger partial charge in [0.2, 0.25) is 5.91 Å². The van der Waals surface area contributed by atoms with Crippen LogP contribution < -0.4 is 5.32 Å². The number of amides is 1. The first-order valence-electron chi connectivity index (χ1n) is 7.58. The normalized spacial score (nSPS) is 16.5. The summed E-state index contributed by atoms with van der Waals surface area (Å²) in [6, 6.07) is 4.31. The van der Waals surface area contributed by atoms with E-state index in [4.69, 9.17) is 0 Å². The predicted molar refractivity (Wildman–Crippen MR) is 82.8 cm³/mol. The summed E-state index contributed by atoms with van der Waals surface area (Å²) in [7, 11) is 0. The average molecular weight is 274 g/mol. The fourth-order valence-electron chi connectivity index (χ4n) is 3.04. The number of hydrogen-bond donors (Lipinski definition) is 1. The molecule has 2 rings (SSSR count).